The molecule has 0 spiro atoms. The molecule has 0 radical (unpaired) electrons. The van der Waals surface area contributed by atoms with E-state index in [4.69, 9.17) is 4.74 Å². The highest BCUT2D eigenvalue weighted by molar-refractivity contribution is 7.89. The summed E-state index contributed by atoms with van der Waals surface area (Å²) in [4.78, 5) is 24.8. The lowest BCUT2D eigenvalue weighted by Gasteiger charge is -2.28. The molecular weight excluding hydrogens is 437 g/mol. The Bertz CT molecular complexity index is 879. The monoisotopic (exact) mass is 469 g/mol. The van der Waals surface area contributed by atoms with Crippen molar-refractivity contribution in [1.82, 2.24) is 15.4 Å². The summed E-state index contributed by atoms with van der Waals surface area (Å²) in [5.74, 6) is -0.919. The Morgan fingerprint density at radius 2 is 1.78 bits per heavy atom. The molecule has 0 aromatic heterocycles. The normalized spacial score (nSPS) is 24.6. The average molecular weight is 470 g/mol. The van der Waals surface area contributed by atoms with Gasteiger partial charge in [0.2, 0.25) is 21.8 Å². The van der Waals surface area contributed by atoms with E-state index in [0.717, 1.165) is 31.6 Å². The SMILES string of the molecule is CC(NC(=O)C1CCC(CNS(=O)(=O)c2ccc(F)cc2)CC1)C(=O)NCC1CCCO1. The van der Waals surface area contributed by atoms with E-state index in [1.165, 1.54) is 12.1 Å². The molecule has 1 aromatic rings. The third-order valence-electron chi connectivity index (χ3n) is 6.18. The largest absolute Gasteiger partial charge is 0.376 e. The van der Waals surface area contributed by atoms with E-state index in [1.54, 1.807) is 6.92 Å². The van der Waals surface area contributed by atoms with E-state index in [9.17, 15) is 22.4 Å². The van der Waals surface area contributed by atoms with Crippen LogP contribution >= 0.6 is 0 Å². The van der Waals surface area contributed by atoms with Crippen molar-refractivity contribution in [3.05, 3.63) is 30.1 Å². The molecule has 2 unspecified atom stereocenters. The van der Waals surface area contributed by atoms with E-state index in [1.807, 2.05) is 0 Å². The van der Waals surface area contributed by atoms with Crippen LogP contribution in [0, 0.1) is 17.7 Å². The van der Waals surface area contributed by atoms with E-state index >= 15 is 0 Å². The molecule has 2 fully saturated rings. The van der Waals surface area contributed by atoms with Gasteiger partial charge in [-0.05, 0) is 75.6 Å². The van der Waals surface area contributed by atoms with Crippen molar-refractivity contribution in [1.29, 1.82) is 0 Å². The van der Waals surface area contributed by atoms with Crippen LogP contribution in [0.3, 0.4) is 0 Å². The fourth-order valence-electron chi connectivity index (χ4n) is 4.12. The molecule has 1 saturated heterocycles. The molecule has 2 atom stereocenters. The fraction of sp³-hybridized carbons (Fsp3) is 0.636. The van der Waals surface area contributed by atoms with Crippen molar-refractivity contribution in [2.24, 2.45) is 11.8 Å². The highest BCUT2D eigenvalue weighted by atomic mass is 32.2. The Morgan fingerprint density at radius 3 is 2.41 bits per heavy atom. The molecule has 1 heterocycles. The molecule has 0 bridgehead atoms. The summed E-state index contributed by atoms with van der Waals surface area (Å²) in [5.41, 5.74) is 0. The van der Waals surface area contributed by atoms with Gasteiger partial charge >= 0.3 is 0 Å². The van der Waals surface area contributed by atoms with Gasteiger partial charge in [-0.2, -0.15) is 0 Å². The molecule has 32 heavy (non-hydrogen) atoms. The lowest BCUT2D eigenvalue weighted by molar-refractivity contribution is -0.131. The van der Waals surface area contributed by atoms with Crippen LogP contribution in [0.5, 0.6) is 0 Å². The van der Waals surface area contributed by atoms with E-state index in [-0.39, 0.29) is 41.2 Å². The van der Waals surface area contributed by atoms with Gasteiger partial charge in [0.05, 0.1) is 11.0 Å². The summed E-state index contributed by atoms with van der Waals surface area (Å²) in [5, 5.41) is 5.61. The number of rotatable bonds is 9. The zero-order valence-electron chi connectivity index (χ0n) is 18.3. The Labute approximate surface area is 188 Å². The number of amides is 2. The minimum absolute atomic E-state index is 0.0266. The topological polar surface area (TPSA) is 114 Å². The fourth-order valence-corrected chi connectivity index (χ4v) is 5.24. The molecule has 3 rings (SSSR count). The first-order valence-electron chi connectivity index (χ1n) is 11.2. The lowest BCUT2D eigenvalue weighted by atomic mass is 9.81. The standard InChI is InChI=1S/C22H32FN3O5S/c1-15(21(27)24-14-19-3-2-12-31-19)26-22(28)17-6-4-16(5-7-17)13-25-32(29,30)20-10-8-18(23)9-11-20/h8-11,15-17,19,25H,2-7,12-14H2,1H3,(H,24,27)(H,26,28). The van der Waals surface area contributed by atoms with Crippen LogP contribution in [0.1, 0.15) is 45.4 Å². The molecular formula is C22H32FN3O5S. The highest BCUT2D eigenvalue weighted by Crippen LogP contribution is 2.29. The van der Waals surface area contributed by atoms with Crippen LogP contribution in [0.2, 0.25) is 0 Å². The summed E-state index contributed by atoms with van der Waals surface area (Å²) in [6, 6.07) is 4.07. The van der Waals surface area contributed by atoms with E-state index < -0.39 is 21.9 Å². The Morgan fingerprint density at radius 1 is 1.09 bits per heavy atom. The first-order chi connectivity index (χ1) is 15.2. The zero-order chi connectivity index (χ0) is 23.1. The first-order valence-corrected chi connectivity index (χ1v) is 12.7. The van der Waals surface area contributed by atoms with Gasteiger partial charge in [0, 0.05) is 25.6 Å². The molecule has 178 valence electrons. The quantitative estimate of drug-likeness (QED) is 0.510. The predicted molar refractivity (Wildman–Crippen MR) is 117 cm³/mol. The van der Waals surface area contributed by atoms with Crippen molar-refractivity contribution >= 4 is 21.8 Å². The highest BCUT2D eigenvalue weighted by Gasteiger charge is 2.29. The van der Waals surface area contributed by atoms with Crippen molar-refractivity contribution in [3.8, 4) is 0 Å². The summed E-state index contributed by atoms with van der Waals surface area (Å²) in [6.07, 6.45) is 4.69. The van der Waals surface area contributed by atoms with Crippen LogP contribution in [0.25, 0.3) is 0 Å². The van der Waals surface area contributed by atoms with Crippen molar-refractivity contribution in [2.75, 3.05) is 19.7 Å². The number of nitrogens with one attached hydrogen (secondary N) is 3. The summed E-state index contributed by atoms with van der Waals surface area (Å²) >= 11 is 0. The van der Waals surface area contributed by atoms with Crippen LogP contribution in [-0.4, -0.2) is 52.1 Å². The number of carbonyl (C=O) groups excluding carboxylic acids is 2. The lowest BCUT2D eigenvalue weighted by Crippen LogP contribution is -2.48. The summed E-state index contributed by atoms with van der Waals surface area (Å²) in [6.45, 7) is 3.12. The molecule has 2 amide bonds. The summed E-state index contributed by atoms with van der Waals surface area (Å²) in [7, 11) is -3.69. The molecule has 1 aromatic carbocycles. The van der Waals surface area contributed by atoms with Crippen molar-refractivity contribution < 1.29 is 27.1 Å². The summed E-state index contributed by atoms with van der Waals surface area (Å²) < 4.78 is 45.7. The second-order valence-corrected chi connectivity index (χ2v) is 10.4. The number of sulfonamides is 1. The molecule has 2 aliphatic rings. The maximum absolute atomic E-state index is 13.0. The maximum Gasteiger partial charge on any atom is 0.242 e. The van der Waals surface area contributed by atoms with E-state index in [0.29, 0.717) is 32.2 Å². The van der Waals surface area contributed by atoms with Crippen molar-refractivity contribution in [2.45, 2.75) is 62.5 Å². The zero-order valence-corrected chi connectivity index (χ0v) is 19.1. The van der Waals surface area contributed by atoms with Gasteiger partial charge < -0.3 is 15.4 Å². The Balaban J connectivity index is 1.37. The molecule has 1 aliphatic heterocycles. The maximum atomic E-state index is 13.0. The van der Waals surface area contributed by atoms with Crippen LogP contribution in [0.4, 0.5) is 4.39 Å². The van der Waals surface area contributed by atoms with Gasteiger partial charge in [0.1, 0.15) is 11.9 Å². The molecule has 10 heteroatoms. The number of ether oxygens (including phenoxy) is 1. The van der Waals surface area contributed by atoms with Gasteiger partial charge in [-0.1, -0.05) is 0 Å². The number of benzene rings is 1. The van der Waals surface area contributed by atoms with Crippen molar-refractivity contribution in [3.63, 3.8) is 0 Å². The smallest absolute Gasteiger partial charge is 0.242 e. The predicted octanol–water partition coefficient (Wildman–Crippen LogP) is 1.71. The third-order valence-corrected chi connectivity index (χ3v) is 7.62. The minimum Gasteiger partial charge on any atom is -0.376 e. The Hall–Kier alpha value is -2.04. The Kier molecular flexibility index (Phi) is 8.61. The van der Waals surface area contributed by atoms with E-state index in [2.05, 4.69) is 15.4 Å². The van der Waals surface area contributed by atoms with Gasteiger partial charge in [0.15, 0.2) is 0 Å². The number of carbonyl (C=O) groups is 2. The first kappa shape index (κ1) is 24.6. The van der Waals surface area contributed by atoms with Gasteiger partial charge in [0.25, 0.3) is 0 Å². The van der Waals surface area contributed by atoms with Crippen LogP contribution in [0.15, 0.2) is 29.2 Å². The molecule has 8 nitrogen and oxygen atoms in total. The van der Waals surface area contributed by atoms with Crippen LogP contribution < -0.4 is 15.4 Å². The molecule has 1 saturated carbocycles. The second-order valence-electron chi connectivity index (χ2n) is 8.63. The molecule has 3 N–H and O–H groups in total. The third kappa shape index (κ3) is 6.98. The second kappa shape index (κ2) is 11.2. The van der Waals surface area contributed by atoms with Gasteiger partial charge in [-0.15, -0.1) is 0 Å². The number of hydrogen-bond acceptors (Lipinski definition) is 5. The molecule has 1 aliphatic carbocycles. The van der Waals surface area contributed by atoms with Gasteiger partial charge in [-0.3, -0.25) is 9.59 Å². The van der Waals surface area contributed by atoms with Gasteiger partial charge in [-0.25, -0.2) is 17.5 Å². The minimum atomic E-state index is -3.69. The number of halogens is 1. The number of hydrogen-bond donors (Lipinski definition) is 3. The average Bonchev–Trinajstić information content (AvgIpc) is 3.30. The van der Waals surface area contributed by atoms with Crippen LogP contribution in [-0.2, 0) is 24.3 Å².